The van der Waals surface area contributed by atoms with Crippen LogP contribution in [0, 0.1) is 12.7 Å². The predicted octanol–water partition coefficient (Wildman–Crippen LogP) is -0.103. The van der Waals surface area contributed by atoms with E-state index in [0.29, 0.717) is 42.8 Å². The van der Waals surface area contributed by atoms with Gasteiger partial charge in [-0.3, -0.25) is 16.0 Å². The third-order valence-corrected chi connectivity index (χ3v) is 6.89. The SMILES string of the molecule is O=C1CCC(=O)O[C@](O)([C@@H](OC(=O)c2cc(O)c(O)c(O)c2)[C@@H](O)[CH-]COC(=O)c2cc(O)c(O)c(O)c2)[C-](OC(=O)c2cc(O)c(O)c(O)c2)O1.[Zn+2]. The Morgan fingerprint density at radius 2 is 1.09 bits per heavy atom. The smallest absolute Gasteiger partial charge is 0.587 e. The van der Waals surface area contributed by atoms with Crippen LogP contribution >= 0.6 is 0 Å². The van der Waals surface area contributed by atoms with Crippen molar-refractivity contribution in [3.05, 3.63) is 65.8 Å². The van der Waals surface area contributed by atoms with Crippen LogP contribution in [-0.4, -0.2) is 111 Å². The molecule has 1 aliphatic rings. The van der Waals surface area contributed by atoms with E-state index < -0.39 is 142 Å². The van der Waals surface area contributed by atoms with Gasteiger partial charge in [-0.2, -0.15) is 0 Å². The van der Waals surface area contributed by atoms with Gasteiger partial charge in [0.25, 0.3) is 5.97 Å². The topological polar surface area (TPSA) is 354 Å². The molecule has 0 aliphatic carbocycles. The van der Waals surface area contributed by atoms with Crippen molar-refractivity contribution < 1.29 is 123 Å². The molecular weight excluding hydrogens is 774 g/mol. The van der Waals surface area contributed by atoms with Crippen molar-refractivity contribution in [1.82, 2.24) is 0 Å². The van der Waals surface area contributed by atoms with E-state index in [-0.39, 0.29) is 19.5 Å². The molecule has 1 saturated heterocycles. The van der Waals surface area contributed by atoms with Gasteiger partial charge in [0.2, 0.25) is 0 Å². The quantitative estimate of drug-likeness (QED) is 0.0419. The van der Waals surface area contributed by atoms with Gasteiger partial charge in [0, 0.05) is 0 Å². The Kier molecular flexibility index (Phi) is 12.7. The van der Waals surface area contributed by atoms with E-state index in [4.69, 9.17) is 23.7 Å². The largest absolute Gasteiger partial charge is 2.00 e. The molecule has 0 aromatic heterocycles. The summed E-state index contributed by atoms with van der Waals surface area (Å²) in [5, 5.41) is 110. The molecule has 0 unspecified atom stereocenters. The fourth-order valence-electron chi connectivity index (χ4n) is 4.27. The number of benzene rings is 3. The molecule has 3 aromatic carbocycles. The minimum absolute atomic E-state index is 0. The van der Waals surface area contributed by atoms with Crippen LogP contribution in [-0.2, 0) is 52.8 Å². The van der Waals surface area contributed by atoms with Crippen LogP contribution in [0.2, 0.25) is 0 Å². The number of aliphatic hydroxyl groups is 2. The second-order valence-corrected chi connectivity index (χ2v) is 10.6. The molecular formula is C31H26O21Zn. The molecule has 1 fully saturated rings. The van der Waals surface area contributed by atoms with Gasteiger partial charge in [-0.05, 0) is 49.1 Å². The van der Waals surface area contributed by atoms with E-state index in [1.807, 2.05) is 0 Å². The zero-order valence-corrected chi connectivity index (χ0v) is 29.5. The molecule has 3 atom stereocenters. The van der Waals surface area contributed by atoms with Gasteiger partial charge in [-0.15, -0.1) is 0 Å². The van der Waals surface area contributed by atoms with Gasteiger partial charge < -0.3 is 79.9 Å². The maximum absolute atomic E-state index is 13.2. The van der Waals surface area contributed by atoms with Gasteiger partial charge in [0.05, 0.1) is 35.8 Å². The number of rotatable bonds is 10. The molecule has 11 N–H and O–H groups in total. The first kappa shape index (κ1) is 41.2. The Morgan fingerprint density at radius 3 is 1.55 bits per heavy atom. The molecule has 0 saturated carbocycles. The van der Waals surface area contributed by atoms with E-state index in [1.54, 1.807) is 0 Å². The van der Waals surface area contributed by atoms with Crippen LogP contribution in [0.15, 0.2) is 36.4 Å². The minimum atomic E-state index is -3.82. The Hall–Kier alpha value is -6.25. The maximum Gasteiger partial charge on any atom is 2.00 e. The summed E-state index contributed by atoms with van der Waals surface area (Å²) in [6, 6.07) is 3.54. The zero-order chi connectivity index (χ0) is 38.7. The van der Waals surface area contributed by atoms with Gasteiger partial charge in [-0.25, -0.2) is 14.4 Å². The second-order valence-electron chi connectivity index (χ2n) is 10.6. The van der Waals surface area contributed by atoms with Crippen molar-refractivity contribution in [2.24, 2.45) is 0 Å². The number of aliphatic hydroxyl groups excluding tert-OH is 1. The average molecular weight is 800 g/mol. The van der Waals surface area contributed by atoms with Crippen molar-refractivity contribution in [2.75, 3.05) is 6.61 Å². The zero-order valence-electron chi connectivity index (χ0n) is 26.5. The number of hydrogen-bond donors (Lipinski definition) is 11. The summed E-state index contributed by atoms with van der Waals surface area (Å²) >= 11 is 0. The Morgan fingerprint density at radius 1 is 0.698 bits per heavy atom. The first-order chi connectivity index (χ1) is 24.3. The van der Waals surface area contributed by atoms with Crippen LogP contribution in [0.25, 0.3) is 0 Å². The molecule has 0 spiro atoms. The molecule has 4 rings (SSSR count). The van der Waals surface area contributed by atoms with Crippen LogP contribution in [0.1, 0.15) is 43.9 Å². The second kappa shape index (κ2) is 16.4. The van der Waals surface area contributed by atoms with E-state index in [9.17, 15) is 80.1 Å². The molecule has 0 radical (unpaired) electrons. The molecule has 21 nitrogen and oxygen atoms in total. The fraction of sp³-hybridized carbons (Fsp3) is 0.194. The number of hydrogen-bond acceptors (Lipinski definition) is 21. The van der Waals surface area contributed by atoms with E-state index >= 15 is 0 Å². The van der Waals surface area contributed by atoms with Crippen molar-refractivity contribution in [2.45, 2.75) is 30.8 Å². The summed E-state index contributed by atoms with van der Waals surface area (Å²) in [6.45, 7) is -0.998. The summed E-state index contributed by atoms with van der Waals surface area (Å²) in [6.07, 6.45) is -8.03. The van der Waals surface area contributed by atoms with Gasteiger partial charge >= 0.3 is 43.4 Å². The number of ether oxygens (including phenoxy) is 5. The Bertz CT molecular complexity index is 1860. The number of phenolic OH excluding ortho intramolecular Hbond substituents is 9. The molecule has 3 aromatic rings. The number of cyclic esters (lactones) is 2. The summed E-state index contributed by atoms with van der Waals surface area (Å²) in [7, 11) is 0. The molecule has 22 heteroatoms. The maximum atomic E-state index is 13.2. The summed E-state index contributed by atoms with van der Waals surface area (Å²) < 4.78 is 24.8. The summed E-state index contributed by atoms with van der Waals surface area (Å²) in [5.41, 5.74) is -2.12. The fourth-order valence-corrected chi connectivity index (χ4v) is 4.27. The molecule has 0 amide bonds. The van der Waals surface area contributed by atoms with E-state index in [0.717, 1.165) is 0 Å². The molecule has 278 valence electrons. The molecule has 0 bridgehead atoms. The monoisotopic (exact) mass is 798 g/mol. The standard InChI is InChI=1S/C31H26O21.Zn/c32-14(3-4-48-27(44)11-5-15(33)23(41)16(34)6-11)26(50-28(45)12-7-17(35)24(42)18(36)8-12)31(47)30(49-21(39)1-2-22(40)52-31)51-29(46)13-9-19(37)25(43)20(38)10-13;/h3,5-10,14,26,32-38,41-43,47H,1-2,4H2;/q-2;+2/t14-,26-,31+;/m0./s1. The van der Waals surface area contributed by atoms with Gasteiger partial charge in [0.1, 0.15) is 6.10 Å². The number of carbonyl (C=O) groups excluding carboxylic acids is 5. The first-order valence-electron chi connectivity index (χ1n) is 14.2. The van der Waals surface area contributed by atoms with E-state index in [1.165, 1.54) is 0 Å². The van der Waals surface area contributed by atoms with Crippen molar-refractivity contribution in [1.29, 1.82) is 0 Å². The minimum Gasteiger partial charge on any atom is -0.587 e. The Balaban J connectivity index is 0.00000756. The molecule has 1 aliphatic heterocycles. The average Bonchev–Trinajstić information content (AvgIpc) is 3.07. The first-order valence-corrected chi connectivity index (χ1v) is 14.2. The van der Waals surface area contributed by atoms with Crippen LogP contribution < -0.4 is 0 Å². The van der Waals surface area contributed by atoms with Crippen molar-refractivity contribution in [3.8, 4) is 51.7 Å². The number of aromatic hydroxyl groups is 9. The summed E-state index contributed by atoms with van der Waals surface area (Å²) in [4.78, 5) is 64.0. The number of esters is 5. The van der Waals surface area contributed by atoms with Crippen LogP contribution in [0.3, 0.4) is 0 Å². The predicted molar refractivity (Wildman–Crippen MR) is 159 cm³/mol. The normalized spacial score (nSPS) is 17.1. The van der Waals surface area contributed by atoms with Crippen molar-refractivity contribution in [3.63, 3.8) is 0 Å². The van der Waals surface area contributed by atoms with Crippen molar-refractivity contribution >= 4 is 29.8 Å². The Labute approximate surface area is 307 Å². The van der Waals surface area contributed by atoms with Gasteiger partial charge in [0.15, 0.2) is 57.5 Å². The van der Waals surface area contributed by atoms with Crippen LogP contribution in [0.5, 0.6) is 51.7 Å². The number of phenols is 9. The van der Waals surface area contributed by atoms with Gasteiger partial charge in [-0.1, -0.05) is 0 Å². The summed E-state index contributed by atoms with van der Waals surface area (Å²) in [5.74, 6) is -20.6. The molecule has 1 heterocycles. The third-order valence-electron chi connectivity index (χ3n) is 6.89. The third kappa shape index (κ3) is 9.17. The van der Waals surface area contributed by atoms with E-state index in [2.05, 4.69) is 0 Å². The van der Waals surface area contributed by atoms with Crippen LogP contribution in [0.4, 0.5) is 0 Å². The number of carbonyl (C=O) groups is 5. The molecule has 53 heavy (non-hydrogen) atoms.